The van der Waals surface area contributed by atoms with Gasteiger partial charge in [0.1, 0.15) is 12.4 Å². The largest absolute Gasteiger partial charge is 0.489 e. The molecule has 3 unspecified atom stereocenters. The van der Waals surface area contributed by atoms with E-state index in [-0.39, 0.29) is 17.7 Å². The van der Waals surface area contributed by atoms with E-state index in [4.69, 9.17) is 9.47 Å². The molecule has 1 fully saturated rings. The van der Waals surface area contributed by atoms with Gasteiger partial charge in [0.2, 0.25) is 5.91 Å². The lowest BCUT2D eigenvalue weighted by atomic mass is 9.72. The van der Waals surface area contributed by atoms with E-state index in [1.807, 2.05) is 30.9 Å². The molecular weight excluding hydrogens is 392 g/mol. The Labute approximate surface area is 184 Å². The first-order valence-corrected chi connectivity index (χ1v) is 11.2. The van der Waals surface area contributed by atoms with Gasteiger partial charge in [0.05, 0.1) is 19.3 Å². The summed E-state index contributed by atoms with van der Waals surface area (Å²) in [5, 5.41) is 11.4. The molecule has 3 atom stereocenters. The minimum absolute atomic E-state index is 0.102. The molecule has 2 heterocycles. The summed E-state index contributed by atoms with van der Waals surface area (Å²) in [4.78, 5) is 19.1. The van der Waals surface area contributed by atoms with Gasteiger partial charge in [-0.1, -0.05) is 13.0 Å². The lowest BCUT2D eigenvalue weighted by Crippen LogP contribution is -2.46. The zero-order valence-electron chi connectivity index (χ0n) is 18.6. The smallest absolute Gasteiger partial charge is 0.225 e. The zero-order chi connectivity index (χ0) is 22.0. The van der Waals surface area contributed by atoms with E-state index >= 15 is 0 Å². The summed E-state index contributed by atoms with van der Waals surface area (Å²) in [5.41, 5.74) is 5.24. The predicted molar refractivity (Wildman–Crippen MR) is 118 cm³/mol. The topological polar surface area (TPSA) is 71.9 Å². The quantitative estimate of drug-likeness (QED) is 0.797. The normalized spacial score (nSPS) is 22.0. The van der Waals surface area contributed by atoms with Crippen LogP contribution in [0.15, 0.2) is 30.6 Å². The van der Waals surface area contributed by atoms with Crippen LogP contribution in [0.25, 0.3) is 0 Å². The van der Waals surface area contributed by atoms with Crippen molar-refractivity contribution < 1.29 is 19.4 Å². The van der Waals surface area contributed by atoms with Gasteiger partial charge in [-0.15, -0.1) is 0 Å². The molecular formula is C25H32N2O4. The van der Waals surface area contributed by atoms with Gasteiger partial charge < -0.3 is 19.5 Å². The fraction of sp³-hybridized carbons (Fsp3) is 0.520. The highest BCUT2D eigenvalue weighted by Crippen LogP contribution is 2.44. The lowest BCUT2D eigenvalue weighted by molar-refractivity contribution is -0.143. The van der Waals surface area contributed by atoms with Crippen molar-refractivity contribution in [2.45, 2.75) is 46.3 Å². The van der Waals surface area contributed by atoms with Crippen LogP contribution in [0.1, 0.15) is 47.3 Å². The van der Waals surface area contributed by atoms with Crippen molar-refractivity contribution in [3.63, 3.8) is 0 Å². The van der Waals surface area contributed by atoms with Gasteiger partial charge in [-0.3, -0.25) is 9.78 Å². The molecule has 0 radical (unpaired) electrons. The molecule has 6 heteroatoms. The summed E-state index contributed by atoms with van der Waals surface area (Å²) >= 11 is 0. The third kappa shape index (κ3) is 4.46. The summed E-state index contributed by atoms with van der Waals surface area (Å²) in [6, 6.07) is 5.95. The Hall–Kier alpha value is -2.44. The number of aliphatic hydroxyl groups excluding tert-OH is 1. The number of aromatic nitrogens is 1. The third-order valence-corrected chi connectivity index (χ3v) is 6.82. The maximum absolute atomic E-state index is 13.1. The van der Waals surface area contributed by atoms with Crippen LogP contribution in [0.2, 0.25) is 0 Å². The van der Waals surface area contributed by atoms with Crippen molar-refractivity contribution in [3.05, 3.63) is 58.4 Å². The number of rotatable bonds is 5. The average molecular weight is 425 g/mol. The van der Waals surface area contributed by atoms with Gasteiger partial charge in [0.25, 0.3) is 0 Å². The number of amides is 1. The highest BCUT2D eigenvalue weighted by Gasteiger charge is 2.38. The molecule has 6 nitrogen and oxygen atoms in total. The standard InChI is InChI=1S/C25H32N2O4/c1-16-13-22(31-15-19-5-4-8-26-14-19)18(3)23-20(16)6-7-21(24(23)28)17(2)25(29)27-9-11-30-12-10-27/h4-5,8,13-14,17,21,24,28H,6-7,9-12,15H2,1-3H3. The summed E-state index contributed by atoms with van der Waals surface area (Å²) in [6.45, 7) is 8.91. The predicted octanol–water partition coefficient (Wildman–Crippen LogP) is 3.37. The zero-order valence-corrected chi connectivity index (χ0v) is 18.6. The van der Waals surface area contributed by atoms with Crippen molar-refractivity contribution >= 4 is 5.91 Å². The van der Waals surface area contributed by atoms with E-state index in [9.17, 15) is 9.90 Å². The Balaban J connectivity index is 1.55. The molecule has 4 rings (SSSR count). The number of hydrogen-bond donors (Lipinski definition) is 1. The van der Waals surface area contributed by atoms with Crippen LogP contribution in [-0.2, 0) is 22.6 Å². The molecule has 1 aliphatic heterocycles. The van der Waals surface area contributed by atoms with Gasteiger partial charge in [0.15, 0.2) is 0 Å². The fourth-order valence-electron chi connectivity index (χ4n) is 4.95. The molecule has 1 aromatic heterocycles. The Morgan fingerprint density at radius 1 is 1.35 bits per heavy atom. The van der Waals surface area contributed by atoms with E-state index < -0.39 is 6.10 Å². The molecule has 1 saturated heterocycles. The molecule has 1 N–H and O–H groups in total. The molecule has 0 bridgehead atoms. The molecule has 1 amide bonds. The minimum atomic E-state index is -0.676. The summed E-state index contributed by atoms with van der Waals surface area (Å²) in [6.07, 6.45) is 4.54. The minimum Gasteiger partial charge on any atom is -0.489 e. The first-order chi connectivity index (χ1) is 15.0. The van der Waals surface area contributed by atoms with Crippen LogP contribution in [0.3, 0.4) is 0 Å². The van der Waals surface area contributed by atoms with Crippen LogP contribution >= 0.6 is 0 Å². The number of pyridine rings is 1. The number of aryl methyl sites for hydroxylation is 1. The van der Waals surface area contributed by atoms with Crippen LogP contribution in [-0.4, -0.2) is 47.2 Å². The number of aliphatic hydroxyl groups is 1. The molecule has 166 valence electrons. The van der Waals surface area contributed by atoms with Gasteiger partial charge in [0, 0.05) is 42.9 Å². The number of carbonyl (C=O) groups excluding carboxylic acids is 1. The van der Waals surface area contributed by atoms with Crippen molar-refractivity contribution in [2.75, 3.05) is 26.3 Å². The van der Waals surface area contributed by atoms with E-state index in [1.165, 1.54) is 5.56 Å². The van der Waals surface area contributed by atoms with Gasteiger partial charge >= 0.3 is 0 Å². The third-order valence-electron chi connectivity index (χ3n) is 6.82. The van der Waals surface area contributed by atoms with Gasteiger partial charge in [-0.25, -0.2) is 0 Å². The van der Waals surface area contributed by atoms with Crippen molar-refractivity contribution in [1.82, 2.24) is 9.88 Å². The monoisotopic (exact) mass is 424 g/mol. The number of carbonyl (C=O) groups is 1. The number of nitrogens with zero attached hydrogens (tertiary/aromatic N) is 2. The van der Waals surface area contributed by atoms with Gasteiger partial charge in [-0.05, 0) is 61.1 Å². The van der Waals surface area contributed by atoms with Crippen molar-refractivity contribution in [2.24, 2.45) is 11.8 Å². The van der Waals surface area contributed by atoms with E-state index in [2.05, 4.69) is 18.0 Å². The Bertz CT molecular complexity index is 925. The lowest BCUT2D eigenvalue weighted by Gasteiger charge is -2.38. The second-order valence-corrected chi connectivity index (χ2v) is 8.73. The van der Waals surface area contributed by atoms with Crippen molar-refractivity contribution in [1.29, 1.82) is 0 Å². The second-order valence-electron chi connectivity index (χ2n) is 8.73. The van der Waals surface area contributed by atoms with E-state index in [1.54, 1.807) is 12.4 Å². The Morgan fingerprint density at radius 2 is 2.13 bits per heavy atom. The molecule has 0 spiro atoms. The number of hydrogen-bond acceptors (Lipinski definition) is 5. The number of morpholine rings is 1. The molecule has 31 heavy (non-hydrogen) atoms. The average Bonchev–Trinajstić information content (AvgIpc) is 2.80. The van der Waals surface area contributed by atoms with Gasteiger partial charge in [-0.2, -0.15) is 0 Å². The molecule has 2 aromatic rings. The summed E-state index contributed by atoms with van der Waals surface area (Å²) in [7, 11) is 0. The molecule has 1 aromatic carbocycles. The summed E-state index contributed by atoms with van der Waals surface area (Å²) in [5.74, 6) is 0.566. The number of ether oxygens (including phenoxy) is 2. The van der Waals surface area contributed by atoms with Crippen LogP contribution in [0, 0.1) is 25.7 Å². The van der Waals surface area contributed by atoms with E-state index in [0.717, 1.165) is 40.8 Å². The molecule has 0 saturated carbocycles. The Morgan fingerprint density at radius 3 is 2.84 bits per heavy atom. The summed E-state index contributed by atoms with van der Waals surface area (Å²) < 4.78 is 11.5. The SMILES string of the molecule is Cc1cc(OCc2cccnc2)c(C)c2c1CCC(C(C)C(=O)N1CCOCC1)C2O. The number of fused-ring (bicyclic) bond motifs is 1. The maximum atomic E-state index is 13.1. The first-order valence-electron chi connectivity index (χ1n) is 11.2. The highest BCUT2D eigenvalue weighted by atomic mass is 16.5. The van der Waals surface area contributed by atoms with Crippen LogP contribution < -0.4 is 4.74 Å². The Kier molecular flexibility index (Phi) is 6.58. The van der Waals surface area contributed by atoms with Crippen LogP contribution in [0.5, 0.6) is 5.75 Å². The number of benzene rings is 1. The van der Waals surface area contributed by atoms with E-state index in [0.29, 0.717) is 32.9 Å². The fourth-order valence-corrected chi connectivity index (χ4v) is 4.95. The first kappa shape index (κ1) is 21.8. The maximum Gasteiger partial charge on any atom is 0.225 e. The molecule has 2 aliphatic rings. The van der Waals surface area contributed by atoms with Crippen molar-refractivity contribution in [3.8, 4) is 5.75 Å². The highest BCUT2D eigenvalue weighted by molar-refractivity contribution is 5.79. The second kappa shape index (κ2) is 9.37. The molecule has 1 aliphatic carbocycles. The van der Waals surface area contributed by atoms with Crippen LogP contribution in [0.4, 0.5) is 0 Å².